The molecular formula is C25H37N5O. The first-order valence-electron chi connectivity index (χ1n) is 12.5. The number of piperidine rings is 1. The fourth-order valence-electron chi connectivity index (χ4n) is 5.90. The van der Waals surface area contributed by atoms with Crippen molar-refractivity contribution in [1.82, 2.24) is 19.8 Å². The lowest BCUT2D eigenvalue weighted by molar-refractivity contribution is 0.116. The number of anilines is 1. The third-order valence-electron chi connectivity index (χ3n) is 7.65. The molecule has 0 amide bonds. The van der Waals surface area contributed by atoms with Crippen molar-refractivity contribution in [1.29, 1.82) is 0 Å². The SMILES string of the molecule is O=c1c(N2CCNCC2)nc2ccccc2n1C1CCN(C2CCCCCCC2)CC1. The first-order valence-corrected chi connectivity index (χ1v) is 12.5. The summed E-state index contributed by atoms with van der Waals surface area (Å²) in [5, 5.41) is 3.38. The molecule has 2 aliphatic heterocycles. The normalized spacial score (nSPS) is 23.0. The third-order valence-corrected chi connectivity index (χ3v) is 7.65. The lowest BCUT2D eigenvalue weighted by Gasteiger charge is -2.39. The van der Waals surface area contributed by atoms with Crippen LogP contribution in [-0.2, 0) is 0 Å². The average molecular weight is 424 g/mol. The van der Waals surface area contributed by atoms with Crippen molar-refractivity contribution in [2.75, 3.05) is 44.2 Å². The molecule has 168 valence electrons. The summed E-state index contributed by atoms with van der Waals surface area (Å²) in [6.07, 6.45) is 11.8. The number of aromatic nitrogens is 2. The maximum Gasteiger partial charge on any atom is 0.294 e. The minimum atomic E-state index is 0.102. The van der Waals surface area contributed by atoms with Gasteiger partial charge in [0.05, 0.1) is 11.0 Å². The van der Waals surface area contributed by atoms with Gasteiger partial charge in [-0.05, 0) is 37.8 Å². The van der Waals surface area contributed by atoms with Gasteiger partial charge in [-0.3, -0.25) is 4.79 Å². The molecule has 0 atom stereocenters. The highest BCUT2D eigenvalue weighted by atomic mass is 16.1. The van der Waals surface area contributed by atoms with Gasteiger partial charge < -0.3 is 19.7 Å². The molecule has 1 aromatic heterocycles. The fourth-order valence-corrected chi connectivity index (χ4v) is 5.90. The van der Waals surface area contributed by atoms with Crippen molar-refractivity contribution in [2.24, 2.45) is 0 Å². The Balaban J connectivity index is 1.39. The van der Waals surface area contributed by atoms with Crippen LogP contribution in [0.4, 0.5) is 5.82 Å². The van der Waals surface area contributed by atoms with E-state index in [-0.39, 0.29) is 11.6 Å². The van der Waals surface area contributed by atoms with Crippen molar-refractivity contribution < 1.29 is 0 Å². The molecule has 6 nitrogen and oxygen atoms in total. The van der Waals surface area contributed by atoms with E-state index >= 15 is 0 Å². The number of nitrogens with zero attached hydrogens (tertiary/aromatic N) is 4. The van der Waals surface area contributed by atoms with Crippen LogP contribution in [0.2, 0.25) is 0 Å². The van der Waals surface area contributed by atoms with E-state index in [4.69, 9.17) is 4.98 Å². The van der Waals surface area contributed by atoms with E-state index in [1.807, 2.05) is 12.1 Å². The van der Waals surface area contributed by atoms with Crippen molar-refractivity contribution in [3.63, 3.8) is 0 Å². The van der Waals surface area contributed by atoms with Crippen LogP contribution in [0.25, 0.3) is 11.0 Å². The number of piperazine rings is 1. The molecule has 3 fully saturated rings. The number of rotatable bonds is 3. The quantitative estimate of drug-likeness (QED) is 0.818. The van der Waals surface area contributed by atoms with E-state index in [0.29, 0.717) is 5.82 Å². The minimum Gasteiger partial charge on any atom is -0.349 e. The van der Waals surface area contributed by atoms with E-state index < -0.39 is 0 Å². The predicted molar refractivity (Wildman–Crippen MR) is 127 cm³/mol. The monoisotopic (exact) mass is 423 g/mol. The molecule has 1 aliphatic carbocycles. The molecule has 1 saturated carbocycles. The Morgan fingerprint density at radius 3 is 2.23 bits per heavy atom. The highest BCUT2D eigenvalue weighted by molar-refractivity contribution is 5.76. The molecule has 2 aromatic rings. The lowest BCUT2D eigenvalue weighted by atomic mass is 9.93. The third kappa shape index (κ3) is 4.51. The van der Waals surface area contributed by atoms with Gasteiger partial charge in [0.2, 0.25) is 0 Å². The molecule has 3 heterocycles. The molecule has 2 saturated heterocycles. The number of likely N-dealkylation sites (tertiary alicyclic amines) is 1. The zero-order valence-electron chi connectivity index (χ0n) is 18.8. The van der Waals surface area contributed by atoms with Gasteiger partial charge in [-0.2, -0.15) is 0 Å². The van der Waals surface area contributed by atoms with Gasteiger partial charge in [-0.1, -0.05) is 44.2 Å². The number of hydrogen-bond acceptors (Lipinski definition) is 5. The van der Waals surface area contributed by atoms with E-state index in [2.05, 4.69) is 31.8 Å². The molecule has 0 unspecified atom stereocenters. The highest BCUT2D eigenvalue weighted by Crippen LogP contribution is 2.30. The largest absolute Gasteiger partial charge is 0.349 e. The van der Waals surface area contributed by atoms with Gasteiger partial charge >= 0.3 is 0 Å². The van der Waals surface area contributed by atoms with E-state index in [0.717, 1.165) is 69.2 Å². The highest BCUT2D eigenvalue weighted by Gasteiger charge is 2.29. The maximum atomic E-state index is 13.7. The summed E-state index contributed by atoms with van der Waals surface area (Å²) in [5.74, 6) is 0.641. The second kappa shape index (κ2) is 9.70. The standard InChI is InChI=1S/C25H37N5O/c31-25-24(29-18-14-26-15-19-29)27-22-10-6-7-11-23(22)30(25)21-12-16-28(17-13-21)20-8-4-2-1-3-5-9-20/h6-7,10-11,20-21,26H,1-5,8-9,12-19H2. The fraction of sp³-hybridized carbons (Fsp3) is 0.680. The lowest BCUT2D eigenvalue weighted by Crippen LogP contribution is -2.47. The maximum absolute atomic E-state index is 13.7. The Morgan fingerprint density at radius 2 is 1.48 bits per heavy atom. The summed E-state index contributed by atoms with van der Waals surface area (Å²) in [6, 6.07) is 9.22. The van der Waals surface area contributed by atoms with Crippen molar-refractivity contribution in [3.8, 4) is 0 Å². The summed E-state index contributed by atoms with van der Waals surface area (Å²) in [7, 11) is 0. The van der Waals surface area contributed by atoms with Crippen LogP contribution in [-0.4, -0.2) is 59.8 Å². The van der Waals surface area contributed by atoms with Crippen LogP contribution < -0.4 is 15.8 Å². The van der Waals surface area contributed by atoms with E-state index in [1.54, 1.807) is 0 Å². The van der Waals surface area contributed by atoms with Crippen LogP contribution in [0.1, 0.15) is 63.8 Å². The smallest absolute Gasteiger partial charge is 0.294 e. The van der Waals surface area contributed by atoms with Gasteiger partial charge in [0.15, 0.2) is 5.82 Å². The van der Waals surface area contributed by atoms with Crippen LogP contribution >= 0.6 is 0 Å². The molecule has 0 radical (unpaired) electrons. The molecule has 0 bridgehead atoms. The van der Waals surface area contributed by atoms with Crippen molar-refractivity contribution in [3.05, 3.63) is 34.6 Å². The summed E-state index contributed by atoms with van der Waals surface area (Å²) in [6.45, 7) is 5.74. The first-order chi connectivity index (χ1) is 15.3. The molecule has 3 aliphatic rings. The van der Waals surface area contributed by atoms with Gasteiger partial charge in [0.25, 0.3) is 5.56 Å². The van der Waals surface area contributed by atoms with Crippen molar-refractivity contribution in [2.45, 2.75) is 69.9 Å². The van der Waals surface area contributed by atoms with Crippen LogP contribution in [0.5, 0.6) is 0 Å². The van der Waals surface area contributed by atoms with Crippen molar-refractivity contribution >= 4 is 16.9 Å². The molecule has 0 spiro atoms. The number of nitrogens with one attached hydrogen (secondary N) is 1. The Bertz CT molecular complexity index is 919. The zero-order valence-corrected chi connectivity index (χ0v) is 18.8. The average Bonchev–Trinajstić information content (AvgIpc) is 2.79. The van der Waals surface area contributed by atoms with E-state index in [9.17, 15) is 4.79 Å². The summed E-state index contributed by atoms with van der Waals surface area (Å²) < 4.78 is 2.09. The summed E-state index contributed by atoms with van der Waals surface area (Å²) >= 11 is 0. The second-order valence-electron chi connectivity index (χ2n) is 9.60. The molecular weight excluding hydrogens is 386 g/mol. The first kappa shape index (κ1) is 21.0. The summed E-state index contributed by atoms with van der Waals surface area (Å²) in [5.41, 5.74) is 2.04. The molecule has 1 N–H and O–H groups in total. The molecule has 1 aromatic carbocycles. The van der Waals surface area contributed by atoms with Crippen LogP contribution in [0.3, 0.4) is 0 Å². The molecule has 31 heavy (non-hydrogen) atoms. The second-order valence-corrected chi connectivity index (χ2v) is 9.60. The van der Waals surface area contributed by atoms with E-state index in [1.165, 1.54) is 44.9 Å². The predicted octanol–water partition coefficient (Wildman–Crippen LogP) is 3.56. The summed E-state index contributed by atoms with van der Waals surface area (Å²) in [4.78, 5) is 23.4. The van der Waals surface area contributed by atoms with Gasteiger partial charge in [0.1, 0.15) is 0 Å². The minimum absolute atomic E-state index is 0.102. The van der Waals surface area contributed by atoms with Gasteiger partial charge in [0, 0.05) is 51.4 Å². The number of fused-ring (bicyclic) bond motifs is 1. The van der Waals surface area contributed by atoms with Gasteiger partial charge in [-0.25, -0.2) is 4.98 Å². The molecule has 5 rings (SSSR count). The Labute approximate surface area is 185 Å². The van der Waals surface area contributed by atoms with Crippen LogP contribution in [0.15, 0.2) is 29.1 Å². The Kier molecular flexibility index (Phi) is 6.55. The topological polar surface area (TPSA) is 53.4 Å². The van der Waals surface area contributed by atoms with Gasteiger partial charge in [-0.15, -0.1) is 0 Å². The zero-order chi connectivity index (χ0) is 21.0. The number of para-hydroxylation sites is 2. The number of hydrogen-bond donors (Lipinski definition) is 1. The van der Waals surface area contributed by atoms with Crippen LogP contribution in [0, 0.1) is 0 Å². The Hall–Kier alpha value is -1.92. The number of benzene rings is 1. The Morgan fingerprint density at radius 1 is 0.806 bits per heavy atom. The molecule has 6 heteroatoms.